The van der Waals surface area contributed by atoms with Crippen LogP contribution in [0.15, 0.2) is 0 Å². The highest BCUT2D eigenvalue weighted by atomic mass is 16.7. The lowest BCUT2D eigenvalue weighted by Gasteiger charge is -2.17. The highest BCUT2D eigenvalue weighted by molar-refractivity contribution is 4.70. The van der Waals surface area contributed by atoms with Gasteiger partial charge in [-0.3, -0.25) is 0 Å². The van der Waals surface area contributed by atoms with Gasteiger partial charge in [0.05, 0.1) is 13.2 Å². The maximum absolute atomic E-state index is 5.70. The molecule has 1 unspecified atom stereocenters. The molecule has 0 spiro atoms. The Morgan fingerprint density at radius 1 is 0.909 bits per heavy atom. The Hall–Kier alpha value is -0.160. The second-order valence-corrected chi connectivity index (χ2v) is 6.85. The first-order chi connectivity index (χ1) is 10.6. The van der Waals surface area contributed by atoms with Crippen LogP contribution in [0.4, 0.5) is 0 Å². The van der Waals surface area contributed by atoms with Crippen LogP contribution in [0.2, 0.25) is 0 Å². The van der Waals surface area contributed by atoms with Crippen LogP contribution in [0.25, 0.3) is 0 Å². The van der Waals surface area contributed by atoms with Gasteiger partial charge in [-0.15, -0.1) is 0 Å². The van der Waals surface area contributed by atoms with Crippen LogP contribution in [0.5, 0.6) is 0 Å². The van der Waals surface area contributed by atoms with Crippen molar-refractivity contribution in [3.05, 3.63) is 0 Å². The summed E-state index contributed by atoms with van der Waals surface area (Å²) in [6.45, 7) is 6.90. The Balaban J connectivity index is 1.73. The van der Waals surface area contributed by atoms with Crippen molar-refractivity contribution in [2.24, 2.45) is 5.73 Å². The van der Waals surface area contributed by atoms with Crippen LogP contribution < -0.4 is 5.73 Å². The molecule has 0 radical (unpaired) electrons. The van der Waals surface area contributed by atoms with Gasteiger partial charge in [0.15, 0.2) is 5.79 Å². The summed E-state index contributed by atoms with van der Waals surface area (Å²) in [5, 5.41) is 0. The SMILES string of the molecule is CC1(C)OCC(COCCCCCCCCCCCCN)O1. The van der Waals surface area contributed by atoms with Crippen LogP contribution >= 0.6 is 0 Å². The first kappa shape index (κ1) is 19.9. The molecule has 2 N–H and O–H groups in total. The summed E-state index contributed by atoms with van der Waals surface area (Å²) < 4.78 is 16.9. The van der Waals surface area contributed by atoms with Crippen molar-refractivity contribution in [1.82, 2.24) is 0 Å². The average molecular weight is 315 g/mol. The Morgan fingerprint density at radius 3 is 1.95 bits per heavy atom. The highest BCUT2D eigenvalue weighted by Crippen LogP contribution is 2.22. The van der Waals surface area contributed by atoms with Crippen molar-refractivity contribution >= 4 is 0 Å². The number of rotatable bonds is 14. The minimum Gasteiger partial charge on any atom is -0.379 e. The van der Waals surface area contributed by atoms with Gasteiger partial charge in [0.2, 0.25) is 0 Å². The van der Waals surface area contributed by atoms with Crippen molar-refractivity contribution < 1.29 is 14.2 Å². The van der Waals surface area contributed by atoms with E-state index < -0.39 is 5.79 Å². The molecule has 0 saturated carbocycles. The van der Waals surface area contributed by atoms with Gasteiger partial charge < -0.3 is 19.9 Å². The van der Waals surface area contributed by atoms with Gasteiger partial charge in [-0.05, 0) is 33.2 Å². The summed E-state index contributed by atoms with van der Waals surface area (Å²) in [6, 6.07) is 0. The number of ether oxygens (including phenoxy) is 3. The van der Waals surface area contributed by atoms with Crippen LogP contribution in [0.3, 0.4) is 0 Å². The van der Waals surface area contributed by atoms with Crippen molar-refractivity contribution in [3.8, 4) is 0 Å². The second kappa shape index (κ2) is 12.3. The number of nitrogens with two attached hydrogens (primary N) is 1. The summed E-state index contributed by atoms with van der Waals surface area (Å²) in [7, 11) is 0. The lowest BCUT2D eigenvalue weighted by atomic mass is 10.1. The molecule has 132 valence electrons. The summed E-state index contributed by atoms with van der Waals surface area (Å²) in [4.78, 5) is 0. The third-order valence-electron chi connectivity index (χ3n) is 4.11. The molecule has 0 bridgehead atoms. The van der Waals surface area contributed by atoms with E-state index in [1.54, 1.807) is 0 Å². The topological polar surface area (TPSA) is 53.7 Å². The van der Waals surface area contributed by atoms with Crippen molar-refractivity contribution in [1.29, 1.82) is 0 Å². The third kappa shape index (κ3) is 10.5. The first-order valence-electron chi connectivity index (χ1n) is 9.23. The van der Waals surface area contributed by atoms with Crippen LogP contribution in [0.1, 0.15) is 78.1 Å². The van der Waals surface area contributed by atoms with E-state index >= 15 is 0 Å². The molecule has 1 saturated heterocycles. The monoisotopic (exact) mass is 315 g/mol. The van der Waals surface area contributed by atoms with Crippen LogP contribution in [-0.4, -0.2) is 38.3 Å². The van der Waals surface area contributed by atoms with E-state index in [2.05, 4.69) is 0 Å². The Bertz CT molecular complexity index is 259. The molecule has 22 heavy (non-hydrogen) atoms. The molecule has 4 heteroatoms. The lowest BCUT2D eigenvalue weighted by Crippen LogP contribution is -2.24. The molecule has 1 rings (SSSR count). The largest absolute Gasteiger partial charge is 0.379 e. The zero-order chi connectivity index (χ0) is 16.1. The standard InChI is InChI=1S/C18H37NO3/c1-18(2)21-16-17(22-18)15-20-14-12-10-8-6-4-3-5-7-9-11-13-19/h17H,3-16,19H2,1-2H3. The minimum atomic E-state index is -0.432. The molecule has 0 aliphatic carbocycles. The zero-order valence-electron chi connectivity index (χ0n) is 14.8. The van der Waals surface area contributed by atoms with Crippen LogP contribution in [0, 0.1) is 0 Å². The number of hydrogen-bond donors (Lipinski definition) is 1. The van der Waals surface area contributed by atoms with Gasteiger partial charge in [-0.25, -0.2) is 0 Å². The molecule has 0 aromatic rings. The zero-order valence-corrected chi connectivity index (χ0v) is 14.8. The fraction of sp³-hybridized carbons (Fsp3) is 1.00. The highest BCUT2D eigenvalue weighted by Gasteiger charge is 2.32. The Morgan fingerprint density at radius 2 is 1.45 bits per heavy atom. The van der Waals surface area contributed by atoms with E-state index in [1.807, 2.05) is 13.8 Å². The van der Waals surface area contributed by atoms with E-state index in [4.69, 9.17) is 19.9 Å². The van der Waals surface area contributed by atoms with Crippen molar-refractivity contribution in [2.75, 3.05) is 26.4 Å². The van der Waals surface area contributed by atoms with Crippen molar-refractivity contribution in [2.45, 2.75) is 89.9 Å². The van der Waals surface area contributed by atoms with Gasteiger partial charge in [0.1, 0.15) is 6.10 Å². The summed E-state index contributed by atoms with van der Waals surface area (Å²) in [5.74, 6) is -0.432. The summed E-state index contributed by atoms with van der Waals surface area (Å²) in [5.41, 5.74) is 5.48. The van der Waals surface area contributed by atoms with E-state index in [0.29, 0.717) is 13.2 Å². The second-order valence-electron chi connectivity index (χ2n) is 6.85. The van der Waals surface area contributed by atoms with Crippen molar-refractivity contribution in [3.63, 3.8) is 0 Å². The van der Waals surface area contributed by atoms with E-state index in [0.717, 1.165) is 19.6 Å². The molecule has 0 amide bonds. The predicted octanol–water partition coefficient (Wildman–Crippen LogP) is 4.01. The normalized spacial score (nSPS) is 20.6. The Labute approximate surface area is 137 Å². The maximum Gasteiger partial charge on any atom is 0.163 e. The molecular formula is C18H37NO3. The van der Waals surface area contributed by atoms with E-state index in [9.17, 15) is 0 Å². The van der Waals surface area contributed by atoms with E-state index in [-0.39, 0.29) is 6.10 Å². The third-order valence-corrected chi connectivity index (χ3v) is 4.11. The summed E-state index contributed by atoms with van der Waals surface area (Å²) in [6.07, 6.45) is 13.2. The summed E-state index contributed by atoms with van der Waals surface area (Å²) >= 11 is 0. The fourth-order valence-electron chi connectivity index (χ4n) is 2.82. The molecule has 0 aromatic carbocycles. The quantitative estimate of drug-likeness (QED) is 0.492. The van der Waals surface area contributed by atoms with Crippen LogP contribution in [-0.2, 0) is 14.2 Å². The molecule has 1 fully saturated rings. The smallest absolute Gasteiger partial charge is 0.163 e. The minimum absolute atomic E-state index is 0.106. The predicted molar refractivity (Wildman–Crippen MR) is 90.9 cm³/mol. The van der Waals surface area contributed by atoms with Gasteiger partial charge in [-0.1, -0.05) is 51.4 Å². The average Bonchev–Trinajstić information content (AvgIpc) is 2.83. The molecular weight excluding hydrogens is 278 g/mol. The maximum atomic E-state index is 5.70. The van der Waals surface area contributed by atoms with Gasteiger partial charge in [0, 0.05) is 6.61 Å². The molecule has 1 heterocycles. The number of hydrogen-bond acceptors (Lipinski definition) is 4. The molecule has 1 aliphatic rings. The first-order valence-corrected chi connectivity index (χ1v) is 9.23. The molecule has 0 aromatic heterocycles. The molecule has 1 atom stereocenters. The van der Waals surface area contributed by atoms with Gasteiger partial charge >= 0.3 is 0 Å². The number of unbranched alkanes of at least 4 members (excludes halogenated alkanes) is 9. The van der Waals surface area contributed by atoms with E-state index in [1.165, 1.54) is 57.8 Å². The molecule has 4 nitrogen and oxygen atoms in total. The van der Waals surface area contributed by atoms with Gasteiger partial charge in [-0.2, -0.15) is 0 Å². The fourth-order valence-corrected chi connectivity index (χ4v) is 2.82. The van der Waals surface area contributed by atoms with Gasteiger partial charge in [0.25, 0.3) is 0 Å². The lowest BCUT2D eigenvalue weighted by molar-refractivity contribution is -0.145. The Kier molecular flexibility index (Phi) is 11.1. The molecule has 1 aliphatic heterocycles.